The second-order valence-electron chi connectivity index (χ2n) is 9.09. The lowest BCUT2D eigenvalue weighted by atomic mass is 10.1. The Hall–Kier alpha value is -0.810. The van der Waals surface area contributed by atoms with Crippen LogP contribution in [-0.4, -0.2) is 81.2 Å². The Morgan fingerprint density at radius 2 is 1.84 bits per heavy atom. The summed E-state index contributed by atoms with van der Waals surface area (Å²) in [5.41, 5.74) is -0.514. The van der Waals surface area contributed by atoms with Crippen molar-refractivity contribution >= 4 is 36.0 Å². The smallest absolute Gasteiger partial charge is 0.407 e. The van der Waals surface area contributed by atoms with Crippen molar-refractivity contribution in [1.29, 1.82) is 0 Å². The first-order chi connectivity index (χ1) is 14.2. The Kier molecular flexibility index (Phi) is 15.5. The Bertz CT molecular complexity index is 518. The number of hydrogen-bond acceptors (Lipinski definition) is 5. The summed E-state index contributed by atoms with van der Waals surface area (Å²) in [6.45, 7) is 16.4. The van der Waals surface area contributed by atoms with Crippen LogP contribution in [0.25, 0.3) is 0 Å². The molecule has 0 aromatic heterocycles. The number of halogens is 1. The van der Waals surface area contributed by atoms with Crippen molar-refractivity contribution in [3.63, 3.8) is 0 Å². The van der Waals surface area contributed by atoms with Gasteiger partial charge in [0.05, 0.1) is 18.7 Å². The third kappa shape index (κ3) is 13.4. The van der Waals surface area contributed by atoms with Crippen molar-refractivity contribution in [1.82, 2.24) is 15.5 Å². The number of carbonyl (C=O) groups is 1. The van der Waals surface area contributed by atoms with Crippen molar-refractivity contribution in [2.24, 2.45) is 10.9 Å². The fourth-order valence-electron chi connectivity index (χ4n) is 3.18. The van der Waals surface area contributed by atoms with Crippen LogP contribution >= 0.6 is 24.0 Å². The van der Waals surface area contributed by atoms with Crippen molar-refractivity contribution in [3.05, 3.63) is 0 Å². The van der Waals surface area contributed by atoms with Crippen LogP contribution in [0.2, 0.25) is 0 Å². The van der Waals surface area contributed by atoms with Crippen LogP contribution in [0.1, 0.15) is 60.8 Å². The van der Waals surface area contributed by atoms with Gasteiger partial charge in [-0.15, -0.1) is 24.0 Å². The number of guanidine groups is 1. The molecule has 1 amide bonds. The summed E-state index contributed by atoms with van der Waals surface area (Å²) >= 11 is 0. The second kappa shape index (κ2) is 15.9. The van der Waals surface area contributed by atoms with Gasteiger partial charge in [0.1, 0.15) is 5.60 Å². The summed E-state index contributed by atoms with van der Waals surface area (Å²) in [6, 6.07) is -0.0878. The van der Waals surface area contributed by atoms with Gasteiger partial charge in [0.25, 0.3) is 0 Å². The highest BCUT2D eigenvalue weighted by Gasteiger charge is 2.24. The molecule has 1 saturated heterocycles. The number of amides is 1. The van der Waals surface area contributed by atoms with Crippen molar-refractivity contribution in [2.75, 3.05) is 46.5 Å². The van der Waals surface area contributed by atoms with Gasteiger partial charge in [-0.25, -0.2) is 4.79 Å². The van der Waals surface area contributed by atoms with Gasteiger partial charge in [-0.1, -0.05) is 13.8 Å². The average molecular weight is 557 g/mol. The molecule has 9 heteroatoms. The first-order valence-electron chi connectivity index (χ1n) is 11.3. The third-order valence-electron chi connectivity index (χ3n) is 4.87. The lowest BCUT2D eigenvalue weighted by Gasteiger charge is -2.34. The number of hydrogen-bond donors (Lipinski definition) is 2. The fraction of sp³-hybridized carbons (Fsp3) is 0.909. The number of aliphatic imine (C=N–C) groups is 1. The van der Waals surface area contributed by atoms with Crippen molar-refractivity contribution in [3.8, 4) is 0 Å². The number of rotatable bonds is 10. The maximum Gasteiger partial charge on any atom is 0.407 e. The van der Waals surface area contributed by atoms with Crippen LogP contribution in [0.15, 0.2) is 4.99 Å². The Balaban J connectivity index is 0.00000900. The van der Waals surface area contributed by atoms with Gasteiger partial charge in [0.15, 0.2) is 5.96 Å². The van der Waals surface area contributed by atoms with E-state index in [4.69, 9.17) is 19.2 Å². The van der Waals surface area contributed by atoms with E-state index in [1.54, 1.807) is 7.11 Å². The second-order valence-corrected chi connectivity index (χ2v) is 9.09. The Morgan fingerprint density at radius 3 is 2.35 bits per heavy atom. The van der Waals surface area contributed by atoms with E-state index in [0.717, 1.165) is 58.1 Å². The van der Waals surface area contributed by atoms with Crippen LogP contribution in [0.5, 0.6) is 0 Å². The Labute approximate surface area is 206 Å². The van der Waals surface area contributed by atoms with E-state index in [9.17, 15) is 4.79 Å². The fourth-order valence-corrected chi connectivity index (χ4v) is 3.18. The number of nitrogens with zero attached hydrogens (tertiary/aromatic N) is 2. The standard InChI is InChI=1S/C22H44N4O4.HI/c1-8-23-20(26-12-10-18(11-13-26)29-15-9-14-28-7)24-16-19(17(2)3)25-21(27)30-22(4,5)6;/h17-19H,8-16H2,1-7H3,(H,23,24)(H,25,27);1H. The van der Waals surface area contributed by atoms with E-state index >= 15 is 0 Å². The van der Waals surface area contributed by atoms with Crippen LogP contribution in [0.4, 0.5) is 4.79 Å². The molecule has 0 saturated carbocycles. The van der Waals surface area contributed by atoms with Crippen molar-refractivity contribution in [2.45, 2.75) is 78.6 Å². The molecule has 0 aromatic carbocycles. The van der Waals surface area contributed by atoms with E-state index in [1.807, 2.05) is 20.8 Å². The molecule has 0 aliphatic carbocycles. The summed E-state index contributed by atoms with van der Waals surface area (Å²) in [4.78, 5) is 19.3. The molecule has 1 atom stereocenters. The van der Waals surface area contributed by atoms with Crippen LogP contribution in [0.3, 0.4) is 0 Å². The topological polar surface area (TPSA) is 84.4 Å². The lowest BCUT2D eigenvalue weighted by molar-refractivity contribution is 0.00987. The zero-order valence-electron chi connectivity index (χ0n) is 20.5. The lowest BCUT2D eigenvalue weighted by Crippen LogP contribution is -2.48. The summed E-state index contributed by atoms with van der Waals surface area (Å²) in [5.74, 6) is 1.14. The molecule has 1 heterocycles. The molecule has 8 nitrogen and oxygen atoms in total. The van der Waals surface area contributed by atoms with E-state index in [2.05, 4.69) is 36.3 Å². The molecule has 184 valence electrons. The number of carbonyl (C=O) groups excluding carboxylic acids is 1. The first-order valence-corrected chi connectivity index (χ1v) is 11.3. The largest absolute Gasteiger partial charge is 0.444 e. The summed E-state index contributed by atoms with van der Waals surface area (Å²) in [5, 5.41) is 6.36. The van der Waals surface area contributed by atoms with Gasteiger partial charge in [0, 0.05) is 40.0 Å². The molecule has 0 radical (unpaired) electrons. The number of nitrogens with one attached hydrogen (secondary N) is 2. The minimum absolute atomic E-state index is 0. The predicted molar refractivity (Wildman–Crippen MR) is 136 cm³/mol. The number of piperidine rings is 1. The highest BCUT2D eigenvalue weighted by molar-refractivity contribution is 14.0. The molecule has 31 heavy (non-hydrogen) atoms. The minimum atomic E-state index is -0.514. The highest BCUT2D eigenvalue weighted by atomic mass is 127. The normalized spacial score (nSPS) is 16.6. The number of alkyl carbamates (subject to hydrolysis) is 1. The van der Waals surface area contributed by atoms with Crippen LogP contribution in [-0.2, 0) is 14.2 Å². The SMILES string of the molecule is CCNC(=NCC(NC(=O)OC(C)(C)C)C(C)C)N1CCC(OCCCOC)CC1.I. The number of methoxy groups -OCH3 is 1. The van der Waals surface area contributed by atoms with Gasteiger partial charge < -0.3 is 29.7 Å². The van der Waals surface area contributed by atoms with Crippen LogP contribution < -0.4 is 10.6 Å². The van der Waals surface area contributed by atoms with Crippen molar-refractivity contribution < 1.29 is 19.0 Å². The zero-order valence-corrected chi connectivity index (χ0v) is 22.9. The molecule has 1 aliphatic rings. The average Bonchev–Trinajstić information content (AvgIpc) is 2.66. The molecular formula is C22H45IN4O4. The molecule has 1 unspecified atom stereocenters. The maximum absolute atomic E-state index is 12.2. The molecule has 0 aromatic rings. The first kappa shape index (κ1) is 30.2. The van der Waals surface area contributed by atoms with Gasteiger partial charge in [-0.3, -0.25) is 4.99 Å². The number of ether oxygens (including phenoxy) is 3. The van der Waals surface area contributed by atoms with Gasteiger partial charge in [0.2, 0.25) is 0 Å². The van der Waals surface area contributed by atoms with E-state index < -0.39 is 11.7 Å². The Morgan fingerprint density at radius 1 is 1.19 bits per heavy atom. The van der Waals surface area contributed by atoms with E-state index in [1.165, 1.54) is 0 Å². The predicted octanol–water partition coefficient (Wildman–Crippen LogP) is 3.64. The van der Waals surface area contributed by atoms with E-state index in [-0.39, 0.29) is 35.9 Å². The monoisotopic (exact) mass is 556 g/mol. The van der Waals surface area contributed by atoms with E-state index in [0.29, 0.717) is 12.6 Å². The molecule has 0 spiro atoms. The molecule has 1 rings (SSSR count). The quantitative estimate of drug-likeness (QED) is 0.185. The van der Waals surface area contributed by atoms with Gasteiger partial charge in [-0.05, 0) is 52.9 Å². The molecular weight excluding hydrogens is 511 g/mol. The third-order valence-corrected chi connectivity index (χ3v) is 4.87. The molecule has 2 N–H and O–H groups in total. The summed E-state index contributed by atoms with van der Waals surface area (Å²) in [6.07, 6.45) is 2.82. The highest BCUT2D eigenvalue weighted by Crippen LogP contribution is 2.15. The van der Waals surface area contributed by atoms with Crippen LogP contribution in [0, 0.1) is 5.92 Å². The number of likely N-dealkylation sites (tertiary alicyclic amines) is 1. The van der Waals surface area contributed by atoms with Gasteiger partial charge >= 0.3 is 6.09 Å². The summed E-state index contributed by atoms with van der Waals surface area (Å²) in [7, 11) is 1.72. The molecule has 1 fully saturated rings. The minimum Gasteiger partial charge on any atom is -0.444 e. The zero-order chi connectivity index (χ0) is 22.6. The maximum atomic E-state index is 12.2. The molecule has 0 bridgehead atoms. The van der Waals surface area contributed by atoms with Gasteiger partial charge in [-0.2, -0.15) is 0 Å². The summed E-state index contributed by atoms with van der Waals surface area (Å²) < 4.78 is 16.4. The molecule has 1 aliphatic heterocycles.